The lowest BCUT2D eigenvalue weighted by molar-refractivity contribution is 0.414. The van der Waals surface area contributed by atoms with Gasteiger partial charge >= 0.3 is 0 Å². The number of halogens is 1. The number of ether oxygens (including phenoxy) is 1. The van der Waals surface area contributed by atoms with Gasteiger partial charge < -0.3 is 10.5 Å². The van der Waals surface area contributed by atoms with Crippen LogP contribution in [-0.4, -0.2) is 7.11 Å². The highest BCUT2D eigenvalue weighted by atomic mass is 35.5. The van der Waals surface area contributed by atoms with Crippen LogP contribution in [0, 0.1) is 0 Å². The predicted molar refractivity (Wildman–Crippen MR) is 57.5 cm³/mol. The van der Waals surface area contributed by atoms with Gasteiger partial charge in [-0.05, 0) is 31.5 Å². The van der Waals surface area contributed by atoms with Gasteiger partial charge in [0, 0.05) is 5.54 Å². The molecule has 74 valence electrons. The number of nitrogens with two attached hydrogens (primary N) is 1. The molecule has 0 radical (unpaired) electrons. The van der Waals surface area contributed by atoms with Crippen LogP contribution >= 0.6 is 12.4 Å². The molecular formula is C10H16ClNO. The molecule has 0 aliphatic carbocycles. The fraction of sp³-hybridized carbons (Fsp3) is 0.400. The molecule has 1 aromatic rings. The smallest absolute Gasteiger partial charge is 0.118 e. The lowest BCUT2D eigenvalue weighted by atomic mass is 9.96. The van der Waals surface area contributed by atoms with E-state index in [0.717, 1.165) is 11.3 Å². The van der Waals surface area contributed by atoms with Gasteiger partial charge in [0.15, 0.2) is 0 Å². The van der Waals surface area contributed by atoms with Crippen molar-refractivity contribution in [3.63, 3.8) is 0 Å². The molecule has 0 aromatic heterocycles. The van der Waals surface area contributed by atoms with Gasteiger partial charge in [0.2, 0.25) is 0 Å². The van der Waals surface area contributed by atoms with Crippen LogP contribution < -0.4 is 10.5 Å². The van der Waals surface area contributed by atoms with Gasteiger partial charge in [-0.15, -0.1) is 12.4 Å². The summed E-state index contributed by atoms with van der Waals surface area (Å²) in [6.07, 6.45) is 0. The predicted octanol–water partition coefficient (Wildman–Crippen LogP) is 2.31. The molecule has 2 N–H and O–H groups in total. The molecule has 0 atom stereocenters. The van der Waals surface area contributed by atoms with Crippen molar-refractivity contribution < 1.29 is 4.74 Å². The Bertz CT molecular complexity index is 251. The van der Waals surface area contributed by atoms with Gasteiger partial charge in [0.1, 0.15) is 5.75 Å². The zero-order chi connectivity index (χ0) is 9.19. The first kappa shape index (κ1) is 12.3. The molecule has 0 fully saturated rings. The average Bonchev–Trinajstić information content (AvgIpc) is 2.03. The molecule has 0 spiro atoms. The van der Waals surface area contributed by atoms with Gasteiger partial charge in [0.25, 0.3) is 0 Å². The van der Waals surface area contributed by atoms with E-state index in [9.17, 15) is 0 Å². The maximum absolute atomic E-state index is 5.91. The summed E-state index contributed by atoms with van der Waals surface area (Å²) >= 11 is 0. The number of benzene rings is 1. The maximum Gasteiger partial charge on any atom is 0.118 e. The largest absolute Gasteiger partial charge is 0.497 e. The molecule has 3 heteroatoms. The zero-order valence-electron chi connectivity index (χ0n) is 8.20. The van der Waals surface area contributed by atoms with Crippen LogP contribution in [0.25, 0.3) is 0 Å². The molecule has 13 heavy (non-hydrogen) atoms. The third-order valence-electron chi connectivity index (χ3n) is 1.83. The highest BCUT2D eigenvalue weighted by molar-refractivity contribution is 5.85. The summed E-state index contributed by atoms with van der Waals surface area (Å²) in [5.41, 5.74) is 6.75. The van der Waals surface area contributed by atoms with Gasteiger partial charge in [-0.1, -0.05) is 12.1 Å². The number of methoxy groups -OCH3 is 1. The molecule has 0 bridgehead atoms. The second-order valence-corrected chi connectivity index (χ2v) is 3.45. The fourth-order valence-electron chi connectivity index (χ4n) is 1.02. The molecule has 1 aromatic carbocycles. The van der Waals surface area contributed by atoms with Gasteiger partial charge in [-0.25, -0.2) is 0 Å². The van der Waals surface area contributed by atoms with Crippen molar-refractivity contribution in [2.75, 3.05) is 7.11 Å². The summed E-state index contributed by atoms with van der Waals surface area (Å²) < 4.78 is 5.04. The highest BCUT2D eigenvalue weighted by Gasteiger charge is 2.12. The molecule has 2 nitrogen and oxygen atoms in total. The highest BCUT2D eigenvalue weighted by Crippen LogP contribution is 2.19. The summed E-state index contributed by atoms with van der Waals surface area (Å²) in [5.74, 6) is 0.864. The Morgan fingerprint density at radius 2 is 1.62 bits per heavy atom. The van der Waals surface area contributed by atoms with Crippen LogP contribution in [0.15, 0.2) is 24.3 Å². The first-order chi connectivity index (χ1) is 5.54. The minimum Gasteiger partial charge on any atom is -0.497 e. The minimum absolute atomic E-state index is 0. The van der Waals surface area contributed by atoms with E-state index in [0.29, 0.717) is 0 Å². The van der Waals surface area contributed by atoms with Gasteiger partial charge in [-0.2, -0.15) is 0 Å². The van der Waals surface area contributed by atoms with Gasteiger partial charge in [0.05, 0.1) is 7.11 Å². The molecule has 0 saturated carbocycles. The number of hydrogen-bond donors (Lipinski definition) is 1. The molecule has 0 amide bonds. The Balaban J connectivity index is 0.00000144. The summed E-state index contributed by atoms with van der Waals surface area (Å²) in [6.45, 7) is 3.96. The summed E-state index contributed by atoms with van der Waals surface area (Å²) in [6, 6.07) is 7.81. The molecule has 0 heterocycles. The standard InChI is InChI=1S/C10H15NO.ClH/c1-10(2,11)8-4-6-9(12-3)7-5-8;/h4-7H,11H2,1-3H3;1H. The molecule has 1 rings (SSSR count). The third-order valence-corrected chi connectivity index (χ3v) is 1.83. The fourth-order valence-corrected chi connectivity index (χ4v) is 1.02. The Morgan fingerprint density at radius 1 is 1.15 bits per heavy atom. The van der Waals surface area contributed by atoms with Crippen LogP contribution in [0.2, 0.25) is 0 Å². The van der Waals surface area contributed by atoms with Crippen molar-refractivity contribution in [1.29, 1.82) is 0 Å². The van der Waals surface area contributed by atoms with Crippen molar-refractivity contribution in [2.24, 2.45) is 5.73 Å². The van der Waals surface area contributed by atoms with Crippen molar-refractivity contribution in [1.82, 2.24) is 0 Å². The summed E-state index contributed by atoms with van der Waals surface area (Å²) in [7, 11) is 1.66. The Kier molecular flexibility index (Phi) is 4.24. The van der Waals surface area contributed by atoms with E-state index in [4.69, 9.17) is 10.5 Å². The van der Waals surface area contributed by atoms with Crippen molar-refractivity contribution in [3.05, 3.63) is 29.8 Å². The monoisotopic (exact) mass is 201 g/mol. The molecule has 0 aliphatic rings. The van der Waals surface area contributed by atoms with Crippen LogP contribution in [0.4, 0.5) is 0 Å². The SMILES string of the molecule is COc1ccc(C(C)(C)N)cc1.Cl. The second-order valence-electron chi connectivity index (χ2n) is 3.45. The lowest BCUT2D eigenvalue weighted by Gasteiger charge is -2.18. The van der Waals surface area contributed by atoms with Crippen LogP contribution in [0.1, 0.15) is 19.4 Å². The van der Waals surface area contributed by atoms with Crippen LogP contribution in [0.5, 0.6) is 5.75 Å². The zero-order valence-corrected chi connectivity index (χ0v) is 9.02. The van der Waals surface area contributed by atoms with Crippen LogP contribution in [0.3, 0.4) is 0 Å². The van der Waals surface area contributed by atoms with E-state index in [2.05, 4.69) is 0 Å². The van der Waals surface area contributed by atoms with Gasteiger partial charge in [-0.3, -0.25) is 0 Å². The molecular weight excluding hydrogens is 186 g/mol. The first-order valence-electron chi connectivity index (χ1n) is 3.97. The third kappa shape index (κ3) is 3.25. The van der Waals surface area contributed by atoms with Crippen molar-refractivity contribution in [2.45, 2.75) is 19.4 Å². The van der Waals surface area contributed by atoms with E-state index in [-0.39, 0.29) is 17.9 Å². The van der Waals surface area contributed by atoms with E-state index in [1.54, 1.807) is 7.11 Å². The van der Waals surface area contributed by atoms with E-state index in [1.807, 2.05) is 38.1 Å². The second kappa shape index (κ2) is 4.49. The number of hydrogen-bond acceptors (Lipinski definition) is 2. The normalized spacial score (nSPS) is 10.5. The number of rotatable bonds is 2. The van der Waals surface area contributed by atoms with E-state index < -0.39 is 0 Å². The maximum atomic E-state index is 5.91. The Morgan fingerprint density at radius 3 is 1.92 bits per heavy atom. The van der Waals surface area contributed by atoms with Crippen molar-refractivity contribution >= 4 is 12.4 Å². The summed E-state index contributed by atoms with van der Waals surface area (Å²) in [4.78, 5) is 0. The molecule has 0 saturated heterocycles. The Labute approximate surface area is 85.5 Å². The topological polar surface area (TPSA) is 35.2 Å². The molecule has 0 aliphatic heterocycles. The summed E-state index contributed by atoms with van der Waals surface area (Å²) in [5, 5.41) is 0. The minimum atomic E-state index is -0.272. The quantitative estimate of drug-likeness (QED) is 0.797. The van der Waals surface area contributed by atoms with E-state index >= 15 is 0 Å². The van der Waals surface area contributed by atoms with Crippen molar-refractivity contribution in [3.8, 4) is 5.75 Å². The Hall–Kier alpha value is -0.730. The van der Waals surface area contributed by atoms with E-state index in [1.165, 1.54) is 0 Å². The van der Waals surface area contributed by atoms with Crippen LogP contribution in [-0.2, 0) is 5.54 Å². The first-order valence-corrected chi connectivity index (χ1v) is 3.97. The average molecular weight is 202 g/mol. The molecule has 0 unspecified atom stereocenters. The lowest BCUT2D eigenvalue weighted by Crippen LogP contribution is -2.28.